The molecule has 2 aromatic carbocycles. The molecule has 0 saturated carbocycles. The van der Waals surface area contributed by atoms with Crippen LogP contribution in [0.2, 0.25) is 5.02 Å². The Balaban J connectivity index is 1.67. The third-order valence-corrected chi connectivity index (χ3v) is 4.54. The van der Waals surface area contributed by atoms with E-state index in [0.717, 1.165) is 11.3 Å². The summed E-state index contributed by atoms with van der Waals surface area (Å²) in [4.78, 5) is 26.7. The molecule has 1 fully saturated rings. The molecule has 1 aliphatic heterocycles. The molecule has 2 unspecified atom stereocenters. The molecule has 0 radical (unpaired) electrons. The Hall–Kier alpha value is -2.33. The van der Waals surface area contributed by atoms with Gasteiger partial charge < -0.3 is 10.2 Å². The number of halogens is 1. The Morgan fingerprint density at radius 2 is 1.96 bits per heavy atom. The van der Waals surface area contributed by atoms with Crippen molar-refractivity contribution in [3.05, 3.63) is 65.2 Å². The monoisotopic (exact) mass is 342 g/mol. The van der Waals surface area contributed by atoms with Crippen molar-refractivity contribution >= 4 is 29.1 Å². The normalized spacial score (nSPS) is 18.5. The van der Waals surface area contributed by atoms with Crippen LogP contribution < -0.4 is 10.2 Å². The van der Waals surface area contributed by atoms with Gasteiger partial charge in [0.15, 0.2) is 0 Å². The zero-order valence-electron chi connectivity index (χ0n) is 13.4. The summed E-state index contributed by atoms with van der Waals surface area (Å²) in [5.41, 5.74) is 1.75. The van der Waals surface area contributed by atoms with Crippen LogP contribution in [0.3, 0.4) is 0 Å². The van der Waals surface area contributed by atoms with E-state index in [0.29, 0.717) is 18.0 Å². The summed E-state index contributed by atoms with van der Waals surface area (Å²) in [6.07, 6.45) is 0.513. The largest absolute Gasteiger partial charge is 0.349 e. The molecule has 2 aromatic rings. The molecule has 2 amide bonds. The van der Waals surface area contributed by atoms with Crippen molar-refractivity contribution in [1.82, 2.24) is 5.32 Å². The van der Waals surface area contributed by atoms with Crippen LogP contribution in [0.4, 0.5) is 5.69 Å². The standard InChI is InChI=1S/C19H19ClN2O2/c1-13(14-6-3-2-4-7-14)21-18(23)17-10-11-22(19(17)24)16-9-5-8-15(20)12-16/h2-9,12-13,17H,10-11H2,1H3,(H,21,23). The van der Waals surface area contributed by atoms with Crippen LogP contribution in [0, 0.1) is 5.92 Å². The second kappa shape index (κ2) is 7.05. The van der Waals surface area contributed by atoms with E-state index < -0.39 is 5.92 Å². The van der Waals surface area contributed by atoms with E-state index in [1.807, 2.05) is 43.3 Å². The second-order valence-electron chi connectivity index (χ2n) is 5.95. The zero-order chi connectivity index (χ0) is 17.1. The Labute approximate surface area is 146 Å². The first-order valence-corrected chi connectivity index (χ1v) is 8.36. The fraction of sp³-hybridized carbons (Fsp3) is 0.263. The maximum absolute atomic E-state index is 12.6. The van der Waals surface area contributed by atoms with Crippen molar-refractivity contribution < 1.29 is 9.59 Å². The lowest BCUT2D eigenvalue weighted by Gasteiger charge is -2.19. The number of carbonyl (C=O) groups is 2. The average Bonchev–Trinajstić information content (AvgIpc) is 2.97. The van der Waals surface area contributed by atoms with Crippen LogP contribution in [-0.4, -0.2) is 18.4 Å². The molecule has 0 aliphatic carbocycles. The number of carbonyl (C=O) groups excluding carboxylic acids is 2. The lowest BCUT2D eigenvalue weighted by atomic mass is 10.0. The van der Waals surface area contributed by atoms with Crippen LogP contribution in [-0.2, 0) is 9.59 Å². The highest BCUT2D eigenvalue weighted by atomic mass is 35.5. The molecule has 24 heavy (non-hydrogen) atoms. The molecular formula is C19H19ClN2O2. The van der Waals surface area contributed by atoms with Crippen LogP contribution in [0.25, 0.3) is 0 Å². The van der Waals surface area contributed by atoms with Crippen molar-refractivity contribution in [3.63, 3.8) is 0 Å². The Bertz CT molecular complexity index is 748. The van der Waals surface area contributed by atoms with Crippen LogP contribution >= 0.6 is 11.6 Å². The molecule has 3 rings (SSSR count). The number of benzene rings is 2. The van der Waals surface area contributed by atoms with Gasteiger partial charge in [-0.15, -0.1) is 0 Å². The number of nitrogens with one attached hydrogen (secondary N) is 1. The molecule has 1 aliphatic rings. The third-order valence-electron chi connectivity index (χ3n) is 4.30. The highest BCUT2D eigenvalue weighted by Gasteiger charge is 2.38. The van der Waals surface area contributed by atoms with Crippen LogP contribution in [0.1, 0.15) is 24.9 Å². The van der Waals surface area contributed by atoms with Gasteiger partial charge in [0.25, 0.3) is 0 Å². The van der Waals surface area contributed by atoms with Gasteiger partial charge in [-0.3, -0.25) is 9.59 Å². The minimum Gasteiger partial charge on any atom is -0.349 e. The van der Waals surface area contributed by atoms with Crippen molar-refractivity contribution in [1.29, 1.82) is 0 Å². The molecule has 4 nitrogen and oxygen atoms in total. The van der Waals surface area contributed by atoms with Gasteiger partial charge in [0.1, 0.15) is 5.92 Å². The van der Waals surface area contributed by atoms with E-state index in [-0.39, 0.29) is 17.9 Å². The molecule has 1 N–H and O–H groups in total. The maximum atomic E-state index is 12.6. The summed E-state index contributed by atoms with van der Waals surface area (Å²) in [5.74, 6) is -1.04. The Morgan fingerprint density at radius 1 is 1.21 bits per heavy atom. The van der Waals surface area contributed by atoms with Gasteiger partial charge in [-0.05, 0) is 37.1 Å². The first-order chi connectivity index (χ1) is 11.6. The summed E-state index contributed by atoms with van der Waals surface area (Å²) in [6.45, 7) is 2.44. The quantitative estimate of drug-likeness (QED) is 0.863. The van der Waals surface area contributed by atoms with Gasteiger partial charge in [-0.2, -0.15) is 0 Å². The number of hydrogen-bond acceptors (Lipinski definition) is 2. The summed E-state index contributed by atoms with van der Waals surface area (Å²) >= 11 is 5.99. The number of amides is 2. The molecule has 0 spiro atoms. The Morgan fingerprint density at radius 3 is 2.67 bits per heavy atom. The zero-order valence-corrected chi connectivity index (χ0v) is 14.2. The highest BCUT2D eigenvalue weighted by Crippen LogP contribution is 2.27. The van der Waals surface area contributed by atoms with Gasteiger partial charge >= 0.3 is 0 Å². The van der Waals surface area contributed by atoms with E-state index in [9.17, 15) is 9.59 Å². The maximum Gasteiger partial charge on any atom is 0.239 e. The fourth-order valence-corrected chi connectivity index (χ4v) is 3.15. The number of nitrogens with zero attached hydrogens (tertiary/aromatic N) is 1. The van der Waals surface area contributed by atoms with E-state index in [2.05, 4.69) is 5.32 Å². The van der Waals surface area contributed by atoms with Gasteiger partial charge in [0.05, 0.1) is 6.04 Å². The van der Waals surface area contributed by atoms with Crippen LogP contribution in [0.15, 0.2) is 54.6 Å². The molecule has 1 heterocycles. The van der Waals surface area contributed by atoms with Gasteiger partial charge in [-0.1, -0.05) is 48.0 Å². The van der Waals surface area contributed by atoms with Crippen molar-refractivity contribution in [2.75, 3.05) is 11.4 Å². The summed E-state index contributed by atoms with van der Waals surface area (Å²) in [5, 5.41) is 3.51. The Kier molecular flexibility index (Phi) is 4.86. The van der Waals surface area contributed by atoms with Crippen LogP contribution in [0.5, 0.6) is 0 Å². The van der Waals surface area contributed by atoms with E-state index >= 15 is 0 Å². The molecular weight excluding hydrogens is 324 g/mol. The molecule has 5 heteroatoms. The first kappa shape index (κ1) is 16.5. The first-order valence-electron chi connectivity index (χ1n) is 7.98. The van der Waals surface area contributed by atoms with Gasteiger partial charge in [0.2, 0.25) is 11.8 Å². The predicted octanol–water partition coefficient (Wildman–Crippen LogP) is 3.57. The number of hydrogen-bond donors (Lipinski definition) is 1. The molecule has 124 valence electrons. The lowest BCUT2D eigenvalue weighted by Crippen LogP contribution is -2.38. The molecule has 0 bridgehead atoms. The molecule has 2 atom stereocenters. The SMILES string of the molecule is CC(NC(=O)C1CCN(c2cccc(Cl)c2)C1=O)c1ccccc1. The van der Waals surface area contributed by atoms with E-state index in [4.69, 9.17) is 11.6 Å². The minimum atomic E-state index is -0.643. The van der Waals surface area contributed by atoms with Crippen molar-refractivity contribution in [2.24, 2.45) is 5.92 Å². The third kappa shape index (κ3) is 3.44. The van der Waals surface area contributed by atoms with Crippen molar-refractivity contribution in [2.45, 2.75) is 19.4 Å². The smallest absolute Gasteiger partial charge is 0.239 e. The average molecular weight is 343 g/mol. The van der Waals surface area contributed by atoms with E-state index in [1.54, 1.807) is 23.1 Å². The number of rotatable bonds is 4. The summed E-state index contributed by atoms with van der Waals surface area (Å²) < 4.78 is 0. The minimum absolute atomic E-state index is 0.133. The lowest BCUT2D eigenvalue weighted by molar-refractivity contribution is -0.132. The van der Waals surface area contributed by atoms with E-state index in [1.165, 1.54) is 0 Å². The molecule has 1 saturated heterocycles. The van der Waals surface area contributed by atoms with Gasteiger partial charge in [0, 0.05) is 17.3 Å². The second-order valence-corrected chi connectivity index (χ2v) is 6.39. The summed E-state index contributed by atoms with van der Waals surface area (Å²) in [6, 6.07) is 16.7. The predicted molar refractivity (Wildman–Crippen MR) is 94.9 cm³/mol. The topological polar surface area (TPSA) is 49.4 Å². The fourth-order valence-electron chi connectivity index (χ4n) is 2.96. The summed E-state index contributed by atoms with van der Waals surface area (Å²) in [7, 11) is 0. The number of anilines is 1. The van der Waals surface area contributed by atoms with Crippen molar-refractivity contribution in [3.8, 4) is 0 Å². The highest BCUT2D eigenvalue weighted by molar-refractivity contribution is 6.31. The van der Waals surface area contributed by atoms with Gasteiger partial charge in [-0.25, -0.2) is 0 Å². The molecule has 0 aromatic heterocycles.